The molecule has 0 spiro atoms. The molecular weight excluding hydrogens is 667 g/mol. The predicted octanol–water partition coefficient (Wildman–Crippen LogP) is 5.53. The fourth-order valence-electron chi connectivity index (χ4n) is 6.14. The van der Waals surface area contributed by atoms with Gasteiger partial charge in [0.15, 0.2) is 5.75 Å². The van der Waals surface area contributed by atoms with Gasteiger partial charge in [0, 0.05) is 44.0 Å². The van der Waals surface area contributed by atoms with Crippen molar-refractivity contribution >= 4 is 33.3 Å². The fraction of sp³-hybridized carbons (Fsp3) is 0.351. The number of aromatic amines is 1. The SMILES string of the molecule is COc1c(NC(=O)c2ccc(C)c(-n3cc(-c4nc(N5CCN(Cc6ccccc6)CC5)[nH]c4C)nn3)c2)cc(C(C)(C)C)cc1NS(C)(=O)=O. The summed E-state index contributed by atoms with van der Waals surface area (Å²) in [6.45, 7) is 14.5. The van der Waals surface area contributed by atoms with E-state index in [1.165, 1.54) is 12.7 Å². The quantitative estimate of drug-likeness (QED) is 0.170. The molecule has 3 heterocycles. The number of anilines is 3. The van der Waals surface area contributed by atoms with Gasteiger partial charge in [0.1, 0.15) is 11.4 Å². The van der Waals surface area contributed by atoms with E-state index in [2.05, 4.69) is 59.4 Å². The molecule has 1 fully saturated rings. The number of sulfonamides is 1. The van der Waals surface area contributed by atoms with Crippen molar-refractivity contribution in [3.8, 4) is 22.8 Å². The zero-order valence-corrected chi connectivity index (χ0v) is 30.9. The van der Waals surface area contributed by atoms with E-state index >= 15 is 0 Å². The maximum atomic E-state index is 13.7. The van der Waals surface area contributed by atoms with Crippen LogP contribution in [-0.2, 0) is 22.0 Å². The van der Waals surface area contributed by atoms with Crippen LogP contribution in [0.5, 0.6) is 5.75 Å². The summed E-state index contributed by atoms with van der Waals surface area (Å²) >= 11 is 0. The van der Waals surface area contributed by atoms with Crippen LogP contribution >= 0.6 is 0 Å². The van der Waals surface area contributed by atoms with Crippen LogP contribution in [0, 0.1) is 13.8 Å². The van der Waals surface area contributed by atoms with Crippen LogP contribution in [0.25, 0.3) is 17.1 Å². The van der Waals surface area contributed by atoms with Crippen molar-refractivity contribution in [2.75, 3.05) is 54.5 Å². The highest BCUT2D eigenvalue weighted by Gasteiger charge is 2.24. The topological polar surface area (TPSA) is 150 Å². The number of ether oxygens (including phenoxy) is 1. The second-order valence-corrected chi connectivity index (χ2v) is 15.8. The Kier molecular flexibility index (Phi) is 9.91. The number of hydrogen-bond donors (Lipinski definition) is 3. The minimum absolute atomic E-state index is 0.206. The number of aryl methyl sites for hydroxylation is 2. The van der Waals surface area contributed by atoms with Crippen molar-refractivity contribution in [1.29, 1.82) is 0 Å². The lowest BCUT2D eigenvalue weighted by Gasteiger charge is -2.34. The van der Waals surface area contributed by atoms with Crippen LogP contribution in [0.4, 0.5) is 17.3 Å². The van der Waals surface area contributed by atoms with Crippen LogP contribution in [-0.4, -0.2) is 83.7 Å². The Balaban J connectivity index is 1.20. The molecule has 2 aromatic heterocycles. The number of rotatable bonds is 10. The highest BCUT2D eigenvalue weighted by atomic mass is 32.2. The molecule has 0 saturated carbocycles. The average Bonchev–Trinajstić information content (AvgIpc) is 3.71. The number of H-pyrrole nitrogens is 1. The van der Waals surface area contributed by atoms with Gasteiger partial charge in [0.25, 0.3) is 5.91 Å². The molecule has 1 aliphatic rings. The summed E-state index contributed by atoms with van der Waals surface area (Å²) in [5.41, 5.74) is 6.54. The van der Waals surface area contributed by atoms with Gasteiger partial charge in [-0.05, 0) is 60.2 Å². The molecule has 1 aliphatic heterocycles. The second kappa shape index (κ2) is 14.2. The van der Waals surface area contributed by atoms with E-state index in [1.807, 2.05) is 52.9 Å². The minimum Gasteiger partial charge on any atom is -0.492 e. The first-order valence-corrected chi connectivity index (χ1v) is 18.7. The van der Waals surface area contributed by atoms with Gasteiger partial charge < -0.3 is 19.9 Å². The number of piperazine rings is 1. The third-order valence-electron chi connectivity index (χ3n) is 8.95. The first-order chi connectivity index (χ1) is 24.2. The smallest absolute Gasteiger partial charge is 0.255 e. The number of carbonyl (C=O) groups is 1. The van der Waals surface area contributed by atoms with Crippen molar-refractivity contribution in [1.82, 2.24) is 29.9 Å². The molecule has 6 rings (SSSR count). The van der Waals surface area contributed by atoms with E-state index in [-0.39, 0.29) is 16.9 Å². The van der Waals surface area contributed by atoms with Crippen molar-refractivity contribution in [3.05, 3.63) is 94.8 Å². The van der Waals surface area contributed by atoms with Crippen LogP contribution in [0.2, 0.25) is 0 Å². The highest BCUT2D eigenvalue weighted by Crippen LogP contribution is 2.39. The maximum absolute atomic E-state index is 13.7. The molecule has 0 radical (unpaired) electrons. The summed E-state index contributed by atoms with van der Waals surface area (Å²) in [6, 6.07) is 19.4. The number of benzene rings is 3. The fourth-order valence-corrected chi connectivity index (χ4v) is 6.69. The lowest BCUT2D eigenvalue weighted by molar-refractivity contribution is 0.102. The number of aromatic nitrogens is 5. The van der Waals surface area contributed by atoms with E-state index < -0.39 is 15.9 Å². The Hall–Kier alpha value is -5.21. The van der Waals surface area contributed by atoms with Crippen LogP contribution in [0.1, 0.15) is 53.5 Å². The molecule has 1 saturated heterocycles. The number of nitrogens with one attached hydrogen (secondary N) is 3. The van der Waals surface area contributed by atoms with E-state index in [0.29, 0.717) is 22.6 Å². The van der Waals surface area contributed by atoms with Gasteiger partial charge in [-0.2, -0.15) is 0 Å². The Morgan fingerprint density at radius 2 is 1.69 bits per heavy atom. The summed E-state index contributed by atoms with van der Waals surface area (Å²) in [5, 5.41) is 11.8. The molecule has 13 nitrogen and oxygen atoms in total. The number of nitrogens with zero attached hydrogens (tertiary/aromatic N) is 6. The first kappa shape index (κ1) is 35.6. The molecule has 1 amide bonds. The van der Waals surface area contributed by atoms with E-state index in [0.717, 1.165) is 67.4 Å². The summed E-state index contributed by atoms with van der Waals surface area (Å²) in [4.78, 5) is 26.8. The number of imidazole rings is 1. The minimum atomic E-state index is -3.62. The van der Waals surface area contributed by atoms with Gasteiger partial charge in [-0.3, -0.25) is 14.4 Å². The van der Waals surface area contributed by atoms with Crippen LogP contribution in [0.15, 0.2) is 66.9 Å². The monoisotopic (exact) mass is 711 g/mol. The Labute approximate surface area is 299 Å². The first-order valence-electron chi connectivity index (χ1n) is 16.8. The normalized spacial score (nSPS) is 14.1. The van der Waals surface area contributed by atoms with Gasteiger partial charge in [0.2, 0.25) is 16.0 Å². The Morgan fingerprint density at radius 1 is 0.980 bits per heavy atom. The maximum Gasteiger partial charge on any atom is 0.255 e. The molecule has 0 atom stereocenters. The zero-order chi connectivity index (χ0) is 36.5. The Bertz CT molecular complexity index is 2150. The van der Waals surface area contributed by atoms with E-state index in [1.54, 1.807) is 28.9 Å². The number of hydrogen-bond acceptors (Lipinski definition) is 9. The predicted molar refractivity (Wildman–Crippen MR) is 200 cm³/mol. The number of methoxy groups -OCH3 is 1. The van der Waals surface area contributed by atoms with E-state index in [9.17, 15) is 13.2 Å². The molecule has 14 heteroatoms. The summed E-state index contributed by atoms with van der Waals surface area (Å²) in [6.07, 6.45) is 2.88. The average molecular weight is 712 g/mol. The lowest BCUT2D eigenvalue weighted by atomic mass is 9.86. The van der Waals surface area contributed by atoms with Gasteiger partial charge in [-0.25, -0.2) is 18.1 Å². The van der Waals surface area contributed by atoms with Crippen molar-refractivity contribution in [2.45, 2.75) is 46.6 Å². The standard InChI is InChI=1S/C37H45N9O4S/c1-24-13-14-27(35(47)39-29-20-28(37(3,4)5)21-30(34(29)50-6)42-51(7,48)49)19-32(24)46-23-31(41-43-46)33-25(2)38-36(40-33)45-17-15-44(16-18-45)22-26-11-9-8-10-12-26/h8-14,19-21,23,42H,15-18,22H2,1-7H3,(H,38,40)(H,39,47). The third kappa shape index (κ3) is 8.24. The van der Waals surface area contributed by atoms with Crippen molar-refractivity contribution < 1.29 is 17.9 Å². The third-order valence-corrected chi connectivity index (χ3v) is 9.54. The molecular formula is C37H45N9O4S. The zero-order valence-electron chi connectivity index (χ0n) is 30.1. The van der Waals surface area contributed by atoms with Crippen molar-refractivity contribution in [2.24, 2.45) is 0 Å². The molecule has 3 aromatic carbocycles. The summed E-state index contributed by atoms with van der Waals surface area (Å²) in [5.74, 6) is 0.618. The van der Waals surface area contributed by atoms with Gasteiger partial charge in [-0.1, -0.05) is 62.4 Å². The van der Waals surface area contributed by atoms with Crippen LogP contribution < -0.4 is 19.7 Å². The number of amides is 1. The highest BCUT2D eigenvalue weighted by molar-refractivity contribution is 7.92. The van der Waals surface area contributed by atoms with E-state index in [4.69, 9.17) is 9.72 Å². The summed E-state index contributed by atoms with van der Waals surface area (Å²) in [7, 11) is -2.19. The lowest BCUT2D eigenvalue weighted by Crippen LogP contribution is -2.46. The van der Waals surface area contributed by atoms with Gasteiger partial charge in [-0.15, -0.1) is 5.10 Å². The largest absolute Gasteiger partial charge is 0.492 e. The van der Waals surface area contributed by atoms with Crippen LogP contribution in [0.3, 0.4) is 0 Å². The molecule has 0 aliphatic carbocycles. The molecule has 0 bridgehead atoms. The summed E-state index contributed by atoms with van der Waals surface area (Å²) < 4.78 is 34.1. The molecule has 3 N–H and O–H groups in total. The molecule has 5 aromatic rings. The molecule has 0 unspecified atom stereocenters. The van der Waals surface area contributed by atoms with Crippen molar-refractivity contribution in [3.63, 3.8) is 0 Å². The molecule has 51 heavy (non-hydrogen) atoms. The Morgan fingerprint density at radius 3 is 2.35 bits per heavy atom. The molecule has 268 valence electrons. The van der Waals surface area contributed by atoms with Gasteiger partial charge >= 0.3 is 0 Å². The second-order valence-electron chi connectivity index (χ2n) is 14.0. The number of carbonyl (C=O) groups excluding carboxylic acids is 1. The van der Waals surface area contributed by atoms with Gasteiger partial charge in [0.05, 0.1) is 36.6 Å².